The number of ether oxygens (including phenoxy) is 1. The van der Waals surface area contributed by atoms with Crippen LogP contribution in [0.3, 0.4) is 0 Å². The smallest absolute Gasteiger partial charge is 0.263 e. The van der Waals surface area contributed by atoms with Gasteiger partial charge < -0.3 is 21.5 Å². The number of carbonyl (C=O) groups excluding carboxylic acids is 2. The Balaban J connectivity index is 1.83. The molecule has 2 amide bonds. The number of nitrogen functional groups attached to an aromatic ring is 1. The highest BCUT2D eigenvalue weighted by molar-refractivity contribution is 6.03. The number of rotatable bonds is 9. The van der Waals surface area contributed by atoms with Crippen LogP contribution in [0.2, 0.25) is 0 Å². The Kier molecular flexibility index (Phi) is 7.39. The molecule has 1 atom stereocenters. The van der Waals surface area contributed by atoms with Crippen molar-refractivity contribution in [3.63, 3.8) is 0 Å². The lowest BCUT2D eigenvalue weighted by molar-refractivity contribution is 0.0635. The Morgan fingerprint density at radius 3 is 2.41 bits per heavy atom. The van der Waals surface area contributed by atoms with Crippen LogP contribution < -0.4 is 21.5 Å². The molecule has 0 fully saturated rings. The van der Waals surface area contributed by atoms with Gasteiger partial charge in [0.15, 0.2) is 0 Å². The second kappa shape index (κ2) is 10.2. The van der Waals surface area contributed by atoms with Crippen molar-refractivity contribution in [1.82, 2.24) is 15.1 Å². The van der Waals surface area contributed by atoms with Crippen LogP contribution in [0.25, 0.3) is 11.3 Å². The lowest BCUT2D eigenvalue weighted by Gasteiger charge is -2.14. The predicted octanol–water partition coefficient (Wildman–Crippen LogP) is 3.08. The molecule has 0 saturated heterocycles. The molecule has 0 spiro atoms. The van der Waals surface area contributed by atoms with Crippen LogP contribution in [0.1, 0.15) is 32.3 Å². The molecule has 8 nitrogen and oxygen atoms in total. The fourth-order valence-corrected chi connectivity index (χ4v) is 3.30. The third-order valence-corrected chi connectivity index (χ3v) is 5.04. The molecule has 1 aromatic heterocycles. The molecule has 0 aliphatic rings. The third-order valence-electron chi connectivity index (χ3n) is 5.04. The highest BCUT2D eigenvalue weighted by Gasteiger charge is 2.30. The zero-order chi connectivity index (χ0) is 25.0. The standard InChI is InChI=1S/C22H21F4N5O3/c1-34-16-7-6-13(24)8-14(16)22(33)29-10-11-2-4-12(5-3-11)18-17(21(28)32)20(27)31(30-18)15(9-23)19(25)26/h2-8,15,19H,9-10,27H2,1H3,(H2,28,32)(H,29,33). The largest absolute Gasteiger partial charge is 0.496 e. The van der Waals surface area contributed by atoms with Crippen molar-refractivity contribution >= 4 is 17.6 Å². The van der Waals surface area contributed by atoms with Crippen LogP contribution in [0.15, 0.2) is 42.5 Å². The Bertz CT molecular complexity index is 1200. The van der Waals surface area contributed by atoms with Gasteiger partial charge in [0, 0.05) is 12.1 Å². The first-order valence-electron chi connectivity index (χ1n) is 9.90. The molecule has 2 aromatic carbocycles. The molecule has 180 valence electrons. The number of alkyl halides is 3. The van der Waals surface area contributed by atoms with Gasteiger partial charge in [-0.2, -0.15) is 5.10 Å². The Labute approximate surface area is 191 Å². The van der Waals surface area contributed by atoms with E-state index in [4.69, 9.17) is 16.2 Å². The van der Waals surface area contributed by atoms with E-state index in [-0.39, 0.29) is 29.1 Å². The lowest BCUT2D eigenvalue weighted by atomic mass is 10.0. The number of carbonyl (C=O) groups is 2. The van der Waals surface area contributed by atoms with E-state index in [2.05, 4.69) is 10.4 Å². The summed E-state index contributed by atoms with van der Waals surface area (Å²) in [6.07, 6.45) is -3.11. The summed E-state index contributed by atoms with van der Waals surface area (Å²) in [6, 6.07) is 7.76. The lowest BCUT2D eigenvalue weighted by Crippen LogP contribution is -2.23. The molecule has 1 heterocycles. The van der Waals surface area contributed by atoms with Crippen molar-refractivity contribution < 1.29 is 31.9 Å². The van der Waals surface area contributed by atoms with E-state index in [1.165, 1.54) is 31.4 Å². The van der Waals surface area contributed by atoms with Crippen molar-refractivity contribution in [2.75, 3.05) is 19.5 Å². The molecule has 0 bridgehead atoms. The minimum absolute atomic E-state index is 0.0210. The summed E-state index contributed by atoms with van der Waals surface area (Å²) in [4.78, 5) is 24.3. The highest BCUT2D eigenvalue weighted by atomic mass is 19.3. The van der Waals surface area contributed by atoms with Gasteiger partial charge in [-0.1, -0.05) is 24.3 Å². The second-order valence-electron chi connectivity index (χ2n) is 7.20. The van der Waals surface area contributed by atoms with E-state index >= 15 is 0 Å². The normalized spacial score (nSPS) is 11.9. The fourth-order valence-electron chi connectivity index (χ4n) is 3.30. The number of benzene rings is 2. The number of hydrogen-bond donors (Lipinski definition) is 3. The first-order chi connectivity index (χ1) is 16.2. The number of aromatic nitrogens is 2. The van der Waals surface area contributed by atoms with Gasteiger partial charge in [0.05, 0.1) is 12.7 Å². The monoisotopic (exact) mass is 479 g/mol. The SMILES string of the molecule is COc1ccc(F)cc1C(=O)NCc1ccc(-c2nn(C(CF)C(F)F)c(N)c2C(N)=O)cc1. The Hall–Kier alpha value is -4.09. The van der Waals surface area contributed by atoms with Crippen molar-refractivity contribution in [3.8, 4) is 17.0 Å². The second-order valence-corrected chi connectivity index (χ2v) is 7.20. The van der Waals surface area contributed by atoms with Gasteiger partial charge in [-0.05, 0) is 23.8 Å². The summed E-state index contributed by atoms with van der Waals surface area (Å²) < 4.78 is 58.6. The Morgan fingerprint density at radius 2 is 1.85 bits per heavy atom. The van der Waals surface area contributed by atoms with Gasteiger partial charge in [-0.25, -0.2) is 22.2 Å². The summed E-state index contributed by atoms with van der Waals surface area (Å²) in [5.74, 6) is -2.43. The van der Waals surface area contributed by atoms with Gasteiger partial charge in [0.2, 0.25) is 0 Å². The third kappa shape index (κ3) is 4.95. The van der Waals surface area contributed by atoms with E-state index in [1.807, 2.05) is 0 Å². The maximum Gasteiger partial charge on any atom is 0.263 e. The van der Waals surface area contributed by atoms with E-state index in [9.17, 15) is 27.2 Å². The van der Waals surface area contributed by atoms with Crippen molar-refractivity contribution in [3.05, 3.63) is 65.0 Å². The Morgan fingerprint density at radius 1 is 1.18 bits per heavy atom. The summed E-state index contributed by atoms with van der Waals surface area (Å²) in [6.45, 7) is -1.39. The van der Waals surface area contributed by atoms with Crippen molar-refractivity contribution in [2.24, 2.45) is 5.73 Å². The number of methoxy groups -OCH3 is 1. The molecule has 0 aliphatic heterocycles. The van der Waals surface area contributed by atoms with E-state index in [0.29, 0.717) is 15.8 Å². The van der Waals surface area contributed by atoms with Crippen LogP contribution >= 0.6 is 0 Å². The number of halogens is 4. The minimum atomic E-state index is -3.11. The summed E-state index contributed by atoms with van der Waals surface area (Å²) in [7, 11) is 1.36. The first-order valence-corrected chi connectivity index (χ1v) is 9.90. The number of primary amides is 1. The average Bonchev–Trinajstić information content (AvgIpc) is 3.15. The van der Waals surface area contributed by atoms with E-state index < -0.39 is 42.6 Å². The minimum Gasteiger partial charge on any atom is -0.496 e. The van der Waals surface area contributed by atoms with Gasteiger partial charge in [0.25, 0.3) is 18.2 Å². The number of nitrogens with two attached hydrogens (primary N) is 2. The molecule has 3 aromatic rings. The molecule has 12 heteroatoms. The maximum absolute atomic E-state index is 13.5. The molecule has 0 saturated carbocycles. The van der Waals surface area contributed by atoms with Gasteiger partial charge in [-0.3, -0.25) is 9.59 Å². The van der Waals surface area contributed by atoms with E-state index in [1.54, 1.807) is 12.1 Å². The zero-order valence-corrected chi connectivity index (χ0v) is 17.9. The zero-order valence-electron chi connectivity index (χ0n) is 17.9. The van der Waals surface area contributed by atoms with Crippen LogP contribution in [-0.4, -0.2) is 41.8 Å². The van der Waals surface area contributed by atoms with Gasteiger partial charge in [-0.15, -0.1) is 0 Å². The number of nitrogens with one attached hydrogen (secondary N) is 1. The molecule has 1 unspecified atom stereocenters. The maximum atomic E-state index is 13.5. The molecule has 0 aliphatic carbocycles. The van der Waals surface area contributed by atoms with Crippen molar-refractivity contribution in [2.45, 2.75) is 19.0 Å². The molecule has 5 N–H and O–H groups in total. The van der Waals surface area contributed by atoms with Crippen LogP contribution in [0.5, 0.6) is 5.75 Å². The molecular weight excluding hydrogens is 458 g/mol. The summed E-state index contributed by atoms with van der Waals surface area (Å²) in [5, 5.41) is 6.55. The molecular formula is C22H21F4N5O3. The van der Waals surface area contributed by atoms with Crippen LogP contribution in [-0.2, 0) is 6.54 Å². The number of hydrogen-bond acceptors (Lipinski definition) is 5. The number of amides is 2. The van der Waals surface area contributed by atoms with Crippen LogP contribution in [0.4, 0.5) is 23.4 Å². The highest BCUT2D eigenvalue weighted by Crippen LogP contribution is 2.31. The van der Waals surface area contributed by atoms with Crippen LogP contribution in [0, 0.1) is 5.82 Å². The quantitative estimate of drug-likeness (QED) is 0.407. The topological polar surface area (TPSA) is 125 Å². The molecule has 34 heavy (non-hydrogen) atoms. The van der Waals surface area contributed by atoms with Gasteiger partial charge in [0.1, 0.15) is 41.4 Å². The summed E-state index contributed by atoms with van der Waals surface area (Å²) in [5.41, 5.74) is 11.7. The fraction of sp³-hybridized carbons (Fsp3) is 0.227. The van der Waals surface area contributed by atoms with Crippen molar-refractivity contribution in [1.29, 1.82) is 0 Å². The average molecular weight is 479 g/mol. The van der Waals surface area contributed by atoms with E-state index in [0.717, 1.165) is 6.07 Å². The van der Waals surface area contributed by atoms with Gasteiger partial charge >= 0.3 is 0 Å². The molecule has 3 rings (SSSR count). The molecule has 0 radical (unpaired) electrons. The number of anilines is 1. The number of nitrogens with zero attached hydrogens (tertiary/aromatic N) is 2. The predicted molar refractivity (Wildman–Crippen MR) is 116 cm³/mol. The summed E-state index contributed by atoms with van der Waals surface area (Å²) >= 11 is 0. The first kappa shape index (κ1) is 24.6.